The van der Waals surface area contributed by atoms with E-state index >= 15 is 0 Å². The van der Waals surface area contributed by atoms with Crippen molar-refractivity contribution in [2.75, 3.05) is 13.7 Å². The molecule has 0 bridgehead atoms. The Labute approximate surface area is 127 Å². The number of urea groups is 1. The summed E-state index contributed by atoms with van der Waals surface area (Å²) in [6.07, 6.45) is 3.21. The zero-order valence-electron chi connectivity index (χ0n) is 11.9. The Morgan fingerprint density at radius 3 is 3.10 bits per heavy atom. The van der Waals surface area contributed by atoms with Crippen LogP contribution in [0.2, 0.25) is 0 Å². The van der Waals surface area contributed by atoms with Crippen LogP contribution in [0.4, 0.5) is 4.79 Å². The minimum absolute atomic E-state index is 0.0307. The summed E-state index contributed by atoms with van der Waals surface area (Å²) in [7, 11) is 1.50. The Bertz CT molecular complexity index is 503. The van der Waals surface area contributed by atoms with Crippen molar-refractivity contribution in [3.8, 4) is 0 Å². The van der Waals surface area contributed by atoms with Gasteiger partial charge in [0.1, 0.15) is 6.04 Å². The number of methoxy groups -OCH3 is 1. The fraction of sp³-hybridized carbons (Fsp3) is 0.571. The Hall–Kier alpha value is -1.60. The first-order chi connectivity index (χ1) is 10.1. The molecule has 0 saturated heterocycles. The fourth-order valence-electron chi connectivity index (χ4n) is 2.49. The van der Waals surface area contributed by atoms with Crippen LogP contribution >= 0.6 is 11.3 Å². The average molecular weight is 312 g/mol. The summed E-state index contributed by atoms with van der Waals surface area (Å²) in [5, 5.41) is 16.5. The number of ether oxygens (including phenoxy) is 1. The van der Waals surface area contributed by atoms with E-state index in [1.54, 1.807) is 11.3 Å². The molecule has 2 atom stereocenters. The standard InChI is InChI=1S/C14H20N2O4S/c1-20-7-5-11(13(17)18)16-14(19)15-10-3-2-4-12-9(10)6-8-21-12/h6,8,10-11H,2-5,7H2,1H3,(H,17,18)(H2,15,16,19). The maximum atomic E-state index is 12.0. The molecule has 0 aromatic carbocycles. The number of carboxylic acid groups (broad SMARTS) is 1. The second-order valence-corrected chi connectivity index (χ2v) is 6.03. The Balaban J connectivity index is 1.91. The third-order valence-corrected chi connectivity index (χ3v) is 4.57. The van der Waals surface area contributed by atoms with Gasteiger partial charge in [0.2, 0.25) is 0 Å². The minimum atomic E-state index is -1.05. The highest BCUT2D eigenvalue weighted by molar-refractivity contribution is 7.10. The van der Waals surface area contributed by atoms with E-state index in [0.717, 1.165) is 24.8 Å². The van der Waals surface area contributed by atoms with Crippen molar-refractivity contribution >= 4 is 23.3 Å². The molecule has 21 heavy (non-hydrogen) atoms. The van der Waals surface area contributed by atoms with Gasteiger partial charge in [-0.1, -0.05) is 0 Å². The van der Waals surface area contributed by atoms with Gasteiger partial charge in [-0.15, -0.1) is 11.3 Å². The van der Waals surface area contributed by atoms with Crippen molar-refractivity contribution in [1.82, 2.24) is 10.6 Å². The molecule has 1 aliphatic carbocycles. The fourth-order valence-corrected chi connectivity index (χ4v) is 3.48. The van der Waals surface area contributed by atoms with Crippen LogP contribution in [0.5, 0.6) is 0 Å². The summed E-state index contributed by atoms with van der Waals surface area (Å²) in [6, 6.07) is 0.624. The van der Waals surface area contributed by atoms with Gasteiger partial charge in [0.05, 0.1) is 6.04 Å². The molecule has 7 heteroatoms. The second-order valence-electron chi connectivity index (χ2n) is 5.03. The molecule has 3 N–H and O–H groups in total. The molecule has 2 rings (SSSR count). The van der Waals surface area contributed by atoms with Crippen molar-refractivity contribution in [2.24, 2.45) is 0 Å². The molecule has 0 spiro atoms. The van der Waals surface area contributed by atoms with Crippen molar-refractivity contribution in [3.63, 3.8) is 0 Å². The highest BCUT2D eigenvalue weighted by atomic mass is 32.1. The van der Waals surface area contributed by atoms with Crippen LogP contribution in [0.15, 0.2) is 11.4 Å². The second kappa shape index (κ2) is 7.42. The molecule has 0 saturated carbocycles. The molecule has 116 valence electrons. The van der Waals surface area contributed by atoms with Gasteiger partial charge < -0.3 is 20.5 Å². The van der Waals surface area contributed by atoms with E-state index in [2.05, 4.69) is 10.6 Å². The number of aryl methyl sites for hydroxylation is 1. The van der Waals surface area contributed by atoms with E-state index in [9.17, 15) is 9.59 Å². The van der Waals surface area contributed by atoms with E-state index in [1.165, 1.54) is 12.0 Å². The molecule has 1 aromatic heterocycles. The van der Waals surface area contributed by atoms with Crippen LogP contribution in [-0.2, 0) is 16.0 Å². The van der Waals surface area contributed by atoms with E-state index in [1.807, 2.05) is 11.4 Å². The zero-order valence-corrected chi connectivity index (χ0v) is 12.7. The van der Waals surface area contributed by atoms with Crippen molar-refractivity contribution < 1.29 is 19.4 Å². The van der Waals surface area contributed by atoms with Gasteiger partial charge in [-0.3, -0.25) is 0 Å². The van der Waals surface area contributed by atoms with Gasteiger partial charge in [0.15, 0.2) is 0 Å². The molecule has 0 fully saturated rings. The molecule has 0 aliphatic heterocycles. The number of fused-ring (bicyclic) bond motifs is 1. The van der Waals surface area contributed by atoms with Crippen LogP contribution in [0.25, 0.3) is 0 Å². The number of carbonyl (C=O) groups is 2. The molecule has 1 aromatic rings. The predicted molar refractivity (Wildman–Crippen MR) is 79.6 cm³/mol. The summed E-state index contributed by atoms with van der Waals surface area (Å²) in [5.74, 6) is -1.05. The van der Waals surface area contributed by atoms with Gasteiger partial charge >= 0.3 is 12.0 Å². The smallest absolute Gasteiger partial charge is 0.326 e. The third-order valence-electron chi connectivity index (χ3n) is 3.57. The molecule has 1 aliphatic rings. The zero-order chi connectivity index (χ0) is 15.2. The van der Waals surface area contributed by atoms with Gasteiger partial charge in [0, 0.05) is 25.0 Å². The van der Waals surface area contributed by atoms with Crippen molar-refractivity contribution in [3.05, 3.63) is 21.9 Å². The predicted octanol–water partition coefficient (Wildman–Crippen LogP) is 1.91. The lowest BCUT2D eigenvalue weighted by molar-refractivity contribution is -0.139. The van der Waals surface area contributed by atoms with Crippen LogP contribution in [-0.4, -0.2) is 36.9 Å². The lowest BCUT2D eigenvalue weighted by Crippen LogP contribution is -2.47. The molecule has 1 heterocycles. The summed E-state index contributed by atoms with van der Waals surface area (Å²) >= 11 is 1.70. The van der Waals surface area contributed by atoms with E-state index in [0.29, 0.717) is 0 Å². The molecule has 2 amide bonds. The van der Waals surface area contributed by atoms with Crippen LogP contribution < -0.4 is 10.6 Å². The van der Waals surface area contributed by atoms with E-state index in [-0.39, 0.29) is 19.1 Å². The number of carbonyl (C=O) groups excluding carboxylic acids is 1. The summed E-state index contributed by atoms with van der Waals surface area (Å²) in [5.41, 5.74) is 1.16. The first-order valence-corrected chi connectivity index (χ1v) is 7.85. The molecular formula is C14H20N2O4S. The summed E-state index contributed by atoms with van der Waals surface area (Å²) in [4.78, 5) is 24.4. The number of hydrogen-bond acceptors (Lipinski definition) is 4. The normalized spacial score (nSPS) is 18.6. The number of thiophene rings is 1. The quantitative estimate of drug-likeness (QED) is 0.749. The van der Waals surface area contributed by atoms with Crippen molar-refractivity contribution in [2.45, 2.75) is 37.8 Å². The Morgan fingerprint density at radius 2 is 2.38 bits per heavy atom. The minimum Gasteiger partial charge on any atom is -0.480 e. The van der Waals surface area contributed by atoms with Crippen LogP contribution in [0.1, 0.15) is 35.7 Å². The SMILES string of the molecule is COCCC(NC(=O)NC1CCCc2sccc21)C(=O)O. The third kappa shape index (κ3) is 4.18. The number of aliphatic carboxylic acids is 1. The highest BCUT2D eigenvalue weighted by Gasteiger charge is 2.25. The first kappa shape index (κ1) is 15.8. The number of rotatable bonds is 6. The number of carboxylic acids is 1. The Kier molecular flexibility index (Phi) is 5.58. The Morgan fingerprint density at radius 1 is 1.57 bits per heavy atom. The van der Waals surface area contributed by atoms with Crippen molar-refractivity contribution in [1.29, 1.82) is 0 Å². The topological polar surface area (TPSA) is 87.7 Å². The number of amides is 2. The van der Waals surface area contributed by atoms with E-state index < -0.39 is 18.0 Å². The van der Waals surface area contributed by atoms with Gasteiger partial charge in [0.25, 0.3) is 0 Å². The summed E-state index contributed by atoms with van der Waals surface area (Å²) < 4.78 is 4.86. The maximum absolute atomic E-state index is 12.0. The lowest BCUT2D eigenvalue weighted by Gasteiger charge is -2.24. The van der Waals surface area contributed by atoms with Gasteiger partial charge in [-0.25, -0.2) is 9.59 Å². The van der Waals surface area contributed by atoms with E-state index in [4.69, 9.17) is 9.84 Å². The molecule has 6 nitrogen and oxygen atoms in total. The molecular weight excluding hydrogens is 292 g/mol. The highest BCUT2D eigenvalue weighted by Crippen LogP contribution is 2.33. The van der Waals surface area contributed by atoms with Crippen LogP contribution in [0, 0.1) is 0 Å². The average Bonchev–Trinajstić information content (AvgIpc) is 2.92. The summed E-state index contributed by atoms with van der Waals surface area (Å²) in [6.45, 7) is 0.287. The van der Waals surface area contributed by atoms with Crippen LogP contribution in [0.3, 0.4) is 0 Å². The number of hydrogen-bond donors (Lipinski definition) is 3. The molecule has 0 radical (unpaired) electrons. The maximum Gasteiger partial charge on any atom is 0.326 e. The first-order valence-electron chi connectivity index (χ1n) is 6.97. The largest absolute Gasteiger partial charge is 0.480 e. The molecule has 2 unspecified atom stereocenters. The van der Waals surface area contributed by atoms with Gasteiger partial charge in [-0.05, 0) is 36.3 Å². The lowest BCUT2D eigenvalue weighted by atomic mass is 9.94. The number of nitrogens with one attached hydrogen (secondary N) is 2. The monoisotopic (exact) mass is 312 g/mol. The van der Waals surface area contributed by atoms with Gasteiger partial charge in [-0.2, -0.15) is 0 Å².